The zero-order chi connectivity index (χ0) is 29.2. The number of nitrogens with zero attached hydrogens (tertiary/aromatic N) is 6. The largest absolute Gasteiger partial charge is 0.493 e. The van der Waals surface area contributed by atoms with Crippen molar-refractivity contribution in [3.8, 4) is 22.9 Å². The van der Waals surface area contributed by atoms with Gasteiger partial charge in [0.15, 0.2) is 11.5 Å². The van der Waals surface area contributed by atoms with Crippen LogP contribution < -0.4 is 29.3 Å². The summed E-state index contributed by atoms with van der Waals surface area (Å²) in [6, 6.07) is 9.95. The fourth-order valence-electron chi connectivity index (χ4n) is 6.03. The second-order valence-electron chi connectivity index (χ2n) is 10.6. The van der Waals surface area contributed by atoms with Crippen molar-refractivity contribution in [2.75, 3.05) is 62.7 Å². The maximum absolute atomic E-state index is 10.00. The van der Waals surface area contributed by atoms with Crippen molar-refractivity contribution in [2.45, 2.75) is 37.8 Å². The van der Waals surface area contributed by atoms with Crippen LogP contribution in [-0.2, 0) is 0 Å². The number of hydrogen-bond donors (Lipinski definition) is 3. The van der Waals surface area contributed by atoms with E-state index >= 15 is 0 Å². The molecule has 2 aromatic carbocycles. The minimum Gasteiger partial charge on any atom is -0.493 e. The van der Waals surface area contributed by atoms with Crippen molar-refractivity contribution in [1.82, 2.24) is 19.5 Å². The molecular weight excluding hydrogens is 538 g/mol. The summed E-state index contributed by atoms with van der Waals surface area (Å²) in [6.45, 7) is 1.86. The van der Waals surface area contributed by atoms with E-state index in [9.17, 15) is 10.2 Å². The molecule has 3 N–H and O–H groups in total. The lowest BCUT2D eigenvalue weighted by Gasteiger charge is -2.26. The highest BCUT2D eigenvalue weighted by molar-refractivity contribution is 5.93. The summed E-state index contributed by atoms with van der Waals surface area (Å²) in [5.74, 6) is 3.40. The summed E-state index contributed by atoms with van der Waals surface area (Å²) in [5, 5.41) is 24.2. The Morgan fingerprint density at radius 1 is 0.857 bits per heavy atom. The Kier molecular flexibility index (Phi) is 7.90. The van der Waals surface area contributed by atoms with E-state index < -0.39 is 0 Å². The fraction of sp³-hybridized carbons (Fsp3) is 0.433. The van der Waals surface area contributed by atoms with E-state index in [4.69, 9.17) is 24.2 Å². The zero-order valence-corrected chi connectivity index (χ0v) is 24.2. The molecule has 12 heteroatoms. The molecule has 0 bridgehead atoms. The smallest absolute Gasteiger partial charge is 0.228 e. The molecule has 2 atom stereocenters. The Balaban J connectivity index is 1.38. The number of nitrogens with one attached hydrogen (secondary N) is 1. The molecule has 2 aromatic heterocycles. The van der Waals surface area contributed by atoms with Gasteiger partial charge in [-0.3, -0.25) is 0 Å². The van der Waals surface area contributed by atoms with E-state index in [2.05, 4.69) is 32.2 Å². The summed E-state index contributed by atoms with van der Waals surface area (Å²) < 4.78 is 18.4. The number of aromatic nitrogens is 4. The first-order chi connectivity index (χ1) is 20.6. The van der Waals surface area contributed by atoms with Gasteiger partial charge in [-0.25, -0.2) is 9.97 Å². The zero-order valence-electron chi connectivity index (χ0n) is 24.2. The van der Waals surface area contributed by atoms with Crippen LogP contribution in [0.1, 0.15) is 25.7 Å². The van der Waals surface area contributed by atoms with Crippen molar-refractivity contribution >= 4 is 34.2 Å². The van der Waals surface area contributed by atoms with Crippen LogP contribution >= 0.6 is 0 Å². The first-order valence-corrected chi connectivity index (χ1v) is 14.2. The summed E-state index contributed by atoms with van der Waals surface area (Å²) in [7, 11) is 4.74. The molecule has 4 heterocycles. The molecule has 4 aromatic rings. The first kappa shape index (κ1) is 27.9. The van der Waals surface area contributed by atoms with Crippen LogP contribution in [0.5, 0.6) is 17.2 Å². The molecule has 0 unspecified atom stereocenters. The standard InChI is InChI=1S/C30H37N7O5/c1-40-25-13-22(14-26(41-2)28(25)42-3)35-15-27(31-18-35)33-29-23-9-8-19(36-10-4-6-20(36)16-38)12-24(23)32-30(34-29)37-11-5-7-21(37)17-39/h8-9,12-15,18,20-21,38-39H,4-7,10-11,16-17H2,1-3H3,(H,32,33,34)/t20-,21-/m0/s1. The molecule has 2 saturated heterocycles. The third-order valence-corrected chi connectivity index (χ3v) is 8.21. The molecule has 42 heavy (non-hydrogen) atoms. The normalized spacial score (nSPS) is 18.6. The van der Waals surface area contributed by atoms with Gasteiger partial charge < -0.3 is 44.1 Å². The topological polar surface area (TPSA) is 130 Å². The molecule has 2 fully saturated rings. The number of aliphatic hydroxyl groups is 2. The van der Waals surface area contributed by atoms with Crippen molar-refractivity contribution < 1.29 is 24.4 Å². The van der Waals surface area contributed by atoms with Crippen molar-refractivity contribution in [1.29, 1.82) is 0 Å². The van der Waals surface area contributed by atoms with Crippen molar-refractivity contribution in [2.24, 2.45) is 0 Å². The highest BCUT2D eigenvalue weighted by Crippen LogP contribution is 2.40. The second-order valence-corrected chi connectivity index (χ2v) is 10.6. The summed E-state index contributed by atoms with van der Waals surface area (Å²) in [4.78, 5) is 18.8. The van der Waals surface area contributed by atoms with E-state index in [1.54, 1.807) is 27.7 Å². The van der Waals surface area contributed by atoms with Crippen molar-refractivity contribution in [3.05, 3.63) is 42.9 Å². The highest BCUT2D eigenvalue weighted by atomic mass is 16.5. The molecule has 222 valence electrons. The number of benzene rings is 2. The molecule has 0 spiro atoms. The Labute approximate surface area is 244 Å². The lowest BCUT2D eigenvalue weighted by molar-refractivity contribution is 0.265. The second kappa shape index (κ2) is 11.9. The van der Waals surface area contributed by atoms with Gasteiger partial charge in [0, 0.05) is 36.3 Å². The van der Waals surface area contributed by atoms with E-state index in [0.717, 1.165) is 61.1 Å². The Hall–Kier alpha value is -4.29. The Morgan fingerprint density at radius 2 is 1.55 bits per heavy atom. The molecule has 0 amide bonds. The number of methoxy groups -OCH3 is 3. The van der Waals surface area contributed by atoms with Gasteiger partial charge in [0.25, 0.3) is 0 Å². The maximum atomic E-state index is 10.00. The van der Waals surface area contributed by atoms with Gasteiger partial charge in [0.2, 0.25) is 11.7 Å². The highest BCUT2D eigenvalue weighted by Gasteiger charge is 2.28. The third kappa shape index (κ3) is 5.12. The molecule has 12 nitrogen and oxygen atoms in total. The van der Waals surface area contributed by atoms with E-state index in [1.165, 1.54) is 0 Å². The van der Waals surface area contributed by atoms with Gasteiger partial charge in [-0.15, -0.1) is 0 Å². The minimum absolute atomic E-state index is 0.0184. The minimum atomic E-state index is -0.0184. The number of anilines is 4. The van der Waals surface area contributed by atoms with Gasteiger partial charge in [0.1, 0.15) is 18.0 Å². The average Bonchev–Trinajstić information content (AvgIpc) is 3.80. The molecule has 6 rings (SSSR count). The van der Waals surface area contributed by atoms with Crippen LogP contribution in [0.2, 0.25) is 0 Å². The SMILES string of the molecule is COc1cc(-n2cnc(Nc3nc(N4CCC[C@H]4CO)nc4cc(N5CCC[C@H]5CO)ccc34)c2)cc(OC)c1OC. The number of hydrogen-bond acceptors (Lipinski definition) is 11. The molecule has 0 saturated carbocycles. The quantitative estimate of drug-likeness (QED) is 0.257. The van der Waals surface area contributed by atoms with E-state index in [1.807, 2.05) is 29.0 Å². The van der Waals surface area contributed by atoms with Crippen LogP contribution in [-0.4, -0.2) is 89.4 Å². The van der Waals surface area contributed by atoms with Crippen LogP contribution in [0.4, 0.5) is 23.3 Å². The van der Waals surface area contributed by atoms with Gasteiger partial charge in [-0.05, 0) is 43.9 Å². The number of fused-ring (bicyclic) bond motifs is 1. The van der Waals surface area contributed by atoms with Gasteiger partial charge in [-0.2, -0.15) is 4.98 Å². The third-order valence-electron chi connectivity index (χ3n) is 8.21. The van der Waals surface area contributed by atoms with Crippen molar-refractivity contribution in [3.63, 3.8) is 0 Å². The van der Waals surface area contributed by atoms with Gasteiger partial charge in [0.05, 0.1) is 64.0 Å². The first-order valence-electron chi connectivity index (χ1n) is 14.2. The Bertz CT molecular complexity index is 1530. The number of ether oxygens (including phenoxy) is 3. The lowest BCUT2D eigenvalue weighted by Crippen LogP contribution is -2.33. The van der Waals surface area contributed by atoms with Crippen LogP contribution in [0.15, 0.2) is 42.9 Å². The van der Waals surface area contributed by atoms with Gasteiger partial charge in [-0.1, -0.05) is 0 Å². The van der Waals surface area contributed by atoms with Gasteiger partial charge >= 0.3 is 0 Å². The average molecular weight is 576 g/mol. The maximum Gasteiger partial charge on any atom is 0.228 e. The molecule has 0 radical (unpaired) electrons. The predicted molar refractivity (Wildman–Crippen MR) is 161 cm³/mol. The molecule has 0 aliphatic carbocycles. The number of rotatable bonds is 10. The number of aliphatic hydroxyl groups excluding tert-OH is 2. The summed E-state index contributed by atoms with van der Waals surface area (Å²) >= 11 is 0. The summed E-state index contributed by atoms with van der Waals surface area (Å²) in [6.07, 6.45) is 7.45. The monoisotopic (exact) mass is 575 g/mol. The van der Waals surface area contributed by atoms with Crippen LogP contribution in [0, 0.1) is 0 Å². The number of imidazole rings is 1. The lowest BCUT2D eigenvalue weighted by atomic mass is 10.1. The summed E-state index contributed by atoms with van der Waals surface area (Å²) in [5.41, 5.74) is 2.60. The molecule has 2 aliphatic rings. The van der Waals surface area contributed by atoms with Crippen LogP contribution in [0.3, 0.4) is 0 Å². The Morgan fingerprint density at radius 3 is 2.21 bits per heavy atom. The molecular formula is C30H37N7O5. The van der Waals surface area contributed by atoms with E-state index in [-0.39, 0.29) is 25.3 Å². The fourth-order valence-corrected chi connectivity index (χ4v) is 6.03. The van der Waals surface area contributed by atoms with Crippen LogP contribution in [0.25, 0.3) is 16.6 Å². The molecule has 2 aliphatic heterocycles. The van der Waals surface area contributed by atoms with E-state index in [0.29, 0.717) is 34.8 Å². The predicted octanol–water partition coefficient (Wildman–Crippen LogP) is 3.51.